The summed E-state index contributed by atoms with van der Waals surface area (Å²) in [7, 11) is 0. The summed E-state index contributed by atoms with van der Waals surface area (Å²) in [6, 6.07) is 5.67. The normalized spacial score (nSPS) is 17.6. The monoisotopic (exact) mass is 237 g/mol. The minimum Gasteiger partial charge on any atom is -0.496 e. The van der Waals surface area contributed by atoms with E-state index in [4.69, 9.17) is 22.1 Å². The second-order valence-electron chi connectivity index (χ2n) is 4.05. The molecule has 1 atom stereocenters. The van der Waals surface area contributed by atoms with Gasteiger partial charge in [0.15, 0.2) is 0 Å². The molecule has 1 aliphatic heterocycles. The van der Waals surface area contributed by atoms with E-state index in [1.54, 1.807) is 0 Å². The lowest BCUT2D eigenvalue weighted by Gasteiger charge is -2.22. The number of benzene rings is 1. The van der Waals surface area contributed by atoms with Crippen molar-refractivity contribution in [2.24, 2.45) is 5.73 Å². The Morgan fingerprint density at radius 2 is 2.25 bits per heavy atom. The van der Waals surface area contributed by atoms with Crippen LogP contribution in [0.4, 0.5) is 0 Å². The van der Waals surface area contributed by atoms with Gasteiger partial charge in [-0.2, -0.15) is 0 Å². The topological polar surface area (TPSA) is 35.2 Å². The van der Waals surface area contributed by atoms with E-state index in [2.05, 4.69) is 6.08 Å². The van der Waals surface area contributed by atoms with Crippen molar-refractivity contribution in [2.45, 2.75) is 25.8 Å². The Morgan fingerprint density at radius 1 is 1.44 bits per heavy atom. The van der Waals surface area contributed by atoms with Gasteiger partial charge in [-0.1, -0.05) is 29.8 Å². The maximum Gasteiger partial charge on any atom is 0.113 e. The van der Waals surface area contributed by atoms with Crippen LogP contribution in [0, 0.1) is 6.92 Å². The van der Waals surface area contributed by atoms with E-state index in [0.717, 1.165) is 41.4 Å². The minimum atomic E-state index is -0.243. The molecule has 16 heavy (non-hydrogen) atoms. The van der Waals surface area contributed by atoms with Gasteiger partial charge in [0.1, 0.15) is 5.76 Å². The zero-order chi connectivity index (χ0) is 11.5. The molecule has 0 saturated carbocycles. The van der Waals surface area contributed by atoms with Gasteiger partial charge in [0.25, 0.3) is 0 Å². The Bertz CT molecular complexity index is 414. The van der Waals surface area contributed by atoms with E-state index >= 15 is 0 Å². The van der Waals surface area contributed by atoms with Crippen LogP contribution < -0.4 is 5.73 Å². The largest absolute Gasteiger partial charge is 0.496 e. The average Bonchev–Trinajstić information content (AvgIpc) is 2.33. The number of hydrogen-bond donors (Lipinski definition) is 1. The molecule has 1 aromatic carbocycles. The van der Waals surface area contributed by atoms with Crippen molar-refractivity contribution < 1.29 is 4.74 Å². The molecule has 0 fully saturated rings. The smallest absolute Gasteiger partial charge is 0.113 e. The quantitative estimate of drug-likeness (QED) is 0.856. The van der Waals surface area contributed by atoms with Gasteiger partial charge in [-0.15, -0.1) is 0 Å². The van der Waals surface area contributed by atoms with Gasteiger partial charge in [0.2, 0.25) is 0 Å². The highest BCUT2D eigenvalue weighted by atomic mass is 35.5. The molecule has 2 nitrogen and oxygen atoms in total. The lowest BCUT2D eigenvalue weighted by atomic mass is 10.0. The third-order valence-corrected chi connectivity index (χ3v) is 3.34. The van der Waals surface area contributed by atoms with E-state index in [1.807, 2.05) is 25.1 Å². The number of aryl methyl sites for hydroxylation is 1. The highest BCUT2D eigenvalue weighted by Gasteiger charge is 2.18. The molecule has 1 unspecified atom stereocenters. The van der Waals surface area contributed by atoms with Gasteiger partial charge in [0, 0.05) is 5.02 Å². The predicted molar refractivity (Wildman–Crippen MR) is 66.4 cm³/mol. The molecule has 0 amide bonds. The van der Waals surface area contributed by atoms with Crippen molar-refractivity contribution in [3.05, 3.63) is 46.2 Å². The first-order valence-corrected chi connectivity index (χ1v) is 5.91. The van der Waals surface area contributed by atoms with Gasteiger partial charge in [0.05, 0.1) is 12.6 Å². The highest BCUT2D eigenvalue weighted by Crippen LogP contribution is 2.30. The Kier molecular flexibility index (Phi) is 3.52. The van der Waals surface area contributed by atoms with Crippen molar-refractivity contribution in [3.63, 3.8) is 0 Å². The van der Waals surface area contributed by atoms with Crippen molar-refractivity contribution in [1.29, 1.82) is 0 Å². The van der Waals surface area contributed by atoms with Gasteiger partial charge >= 0.3 is 0 Å². The summed E-state index contributed by atoms with van der Waals surface area (Å²) in [5.74, 6) is 0.846. The van der Waals surface area contributed by atoms with Crippen molar-refractivity contribution in [3.8, 4) is 0 Å². The third kappa shape index (κ3) is 2.23. The fourth-order valence-corrected chi connectivity index (χ4v) is 2.10. The molecule has 0 aliphatic carbocycles. The number of nitrogens with two attached hydrogens (primary N) is 1. The Hall–Kier alpha value is -0.990. The molecule has 2 N–H and O–H groups in total. The molecule has 3 heteroatoms. The molecule has 1 heterocycles. The SMILES string of the molecule is Cc1cccc(C(N)C2=CCCCO2)c1Cl. The molecular weight excluding hydrogens is 222 g/mol. The summed E-state index contributed by atoms with van der Waals surface area (Å²) >= 11 is 6.24. The highest BCUT2D eigenvalue weighted by molar-refractivity contribution is 6.32. The summed E-state index contributed by atoms with van der Waals surface area (Å²) < 4.78 is 5.57. The molecule has 1 aliphatic rings. The van der Waals surface area contributed by atoms with Crippen LogP contribution in [0.3, 0.4) is 0 Å². The summed E-state index contributed by atoms with van der Waals surface area (Å²) in [6.07, 6.45) is 4.16. The van der Waals surface area contributed by atoms with E-state index in [0.29, 0.717) is 0 Å². The zero-order valence-electron chi connectivity index (χ0n) is 9.37. The lowest BCUT2D eigenvalue weighted by Crippen LogP contribution is -2.18. The van der Waals surface area contributed by atoms with E-state index in [1.165, 1.54) is 0 Å². The number of allylic oxidation sites excluding steroid dienone is 1. The average molecular weight is 238 g/mol. The summed E-state index contributed by atoms with van der Waals surface area (Å²) in [6.45, 7) is 2.73. The first kappa shape index (κ1) is 11.5. The van der Waals surface area contributed by atoms with Gasteiger partial charge in [-0.05, 0) is 37.0 Å². The molecule has 0 radical (unpaired) electrons. The molecule has 0 bridgehead atoms. The summed E-state index contributed by atoms with van der Waals surface area (Å²) in [5, 5.41) is 0.741. The number of hydrogen-bond acceptors (Lipinski definition) is 2. The van der Waals surface area contributed by atoms with E-state index in [-0.39, 0.29) is 6.04 Å². The van der Waals surface area contributed by atoms with Crippen LogP contribution in [0.15, 0.2) is 30.0 Å². The second kappa shape index (κ2) is 4.89. The van der Waals surface area contributed by atoms with Crippen molar-refractivity contribution >= 4 is 11.6 Å². The fourth-order valence-electron chi connectivity index (χ4n) is 1.86. The Labute approximate surface area is 101 Å². The Balaban J connectivity index is 2.29. The van der Waals surface area contributed by atoms with Crippen molar-refractivity contribution in [1.82, 2.24) is 0 Å². The molecule has 86 valence electrons. The molecule has 0 aromatic heterocycles. The zero-order valence-corrected chi connectivity index (χ0v) is 10.1. The third-order valence-electron chi connectivity index (χ3n) is 2.83. The minimum absolute atomic E-state index is 0.243. The van der Waals surface area contributed by atoms with Crippen LogP contribution in [0.2, 0.25) is 5.02 Å². The van der Waals surface area contributed by atoms with Crippen LogP contribution in [0.25, 0.3) is 0 Å². The lowest BCUT2D eigenvalue weighted by molar-refractivity contribution is 0.176. The van der Waals surface area contributed by atoms with Crippen LogP contribution in [-0.2, 0) is 4.74 Å². The first-order chi connectivity index (χ1) is 7.70. The maximum absolute atomic E-state index is 6.24. The first-order valence-electron chi connectivity index (χ1n) is 5.53. The van der Waals surface area contributed by atoms with Crippen LogP contribution in [-0.4, -0.2) is 6.61 Å². The maximum atomic E-state index is 6.24. The fraction of sp³-hybridized carbons (Fsp3) is 0.385. The standard InChI is InChI=1S/C13H16ClNO/c1-9-5-4-6-10(12(9)14)13(15)11-7-2-3-8-16-11/h4-7,13H,2-3,8,15H2,1H3. The van der Waals surface area contributed by atoms with Gasteiger partial charge < -0.3 is 10.5 Å². The van der Waals surface area contributed by atoms with E-state index in [9.17, 15) is 0 Å². The molecule has 0 saturated heterocycles. The second-order valence-corrected chi connectivity index (χ2v) is 4.43. The van der Waals surface area contributed by atoms with E-state index < -0.39 is 0 Å². The Morgan fingerprint density at radius 3 is 2.94 bits per heavy atom. The van der Waals surface area contributed by atoms with Gasteiger partial charge in [-0.3, -0.25) is 0 Å². The van der Waals surface area contributed by atoms with Crippen molar-refractivity contribution in [2.75, 3.05) is 6.61 Å². The number of ether oxygens (including phenoxy) is 1. The molecule has 2 rings (SSSR count). The summed E-state index contributed by atoms with van der Waals surface area (Å²) in [4.78, 5) is 0. The molecule has 0 spiro atoms. The molecular formula is C13H16ClNO. The van der Waals surface area contributed by atoms with Crippen LogP contribution in [0.1, 0.15) is 30.0 Å². The number of halogens is 1. The van der Waals surface area contributed by atoms with Gasteiger partial charge in [-0.25, -0.2) is 0 Å². The number of rotatable bonds is 2. The summed E-state index contributed by atoms with van der Waals surface area (Å²) in [5.41, 5.74) is 8.15. The van der Waals surface area contributed by atoms with Crippen LogP contribution >= 0.6 is 11.6 Å². The van der Waals surface area contributed by atoms with Crippen LogP contribution in [0.5, 0.6) is 0 Å². The molecule has 1 aromatic rings. The predicted octanol–water partition coefficient (Wildman–Crippen LogP) is 3.34.